The maximum absolute atomic E-state index is 15.2. The molecule has 0 radical (unpaired) electrons. The van der Waals surface area contributed by atoms with Gasteiger partial charge in [0.25, 0.3) is 0 Å². The SMILES string of the molecule is CCOC(=O)[C@]1(F)OC([C@H](O)[C@H](O)CO)[C@H](NC(C)=O)C(NC(N)N)C1F. The van der Waals surface area contributed by atoms with Gasteiger partial charge in [-0.05, 0) is 6.92 Å². The molecule has 0 aromatic carbocycles. The molecule has 1 heterocycles. The molecule has 0 saturated carbocycles. The van der Waals surface area contributed by atoms with Crippen LogP contribution in [0.25, 0.3) is 0 Å². The quantitative estimate of drug-likeness (QED) is 0.158. The molecule has 1 saturated heterocycles. The van der Waals surface area contributed by atoms with Crippen LogP contribution in [0.2, 0.25) is 0 Å². The van der Waals surface area contributed by atoms with Crippen LogP contribution < -0.4 is 22.1 Å². The Balaban J connectivity index is 3.40. The van der Waals surface area contributed by atoms with Crippen molar-refractivity contribution >= 4 is 11.9 Å². The van der Waals surface area contributed by atoms with Gasteiger partial charge in [-0.3, -0.25) is 10.1 Å². The van der Waals surface area contributed by atoms with Gasteiger partial charge >= 0.3 is 11.8 Å². The van der Waals surface area contributed by atoms with Gasteiger partial charge in [-0.25, -0.2) is 9.18 Å². The van der Waals surface area contributed by atoms with Crippen LogP contribution in [0, 0.1) is 0 Å². The summed E-state index contributed by atoms with van der Waals surface area (Å²) in [6.07, 6.45) is -9.87. The number of halogens is 2. The summed E-state index contributed by atoms with van der Waals surface area (Å²) in [5, 5.41) is 33.4. The van der Waals surface area contributed by atoms with E-state index in [1.807, 2.05) is 0 Å². The standard InChI is InChI=1S/C14H26F2N4O7/c1-3-26-12(25)14(16)11(15)8(20-13(17)18)7(19-5(2)22)10(27-14)9(24)6(23)4-21/h6-11,13,20-21,23-24H,3-4,17-18H2,1-2H3,(H,19,22)/t6-,7-,8?,9-,10?,11?,14-/m1/s1. The van der Waals surface area contributed by atoms with E-state index in [0.717, 1.165) is 6.92 Å². The van der Waals surface area contributed by atoms with Gasteiger partial charge in [-0.1, -0.05) is 0 Å². The molecule has 9 N–H and O–H groups in total. The summed E-state index contributed by atoms with van der Waals surface area (Å²) in [6, 6.07) is -3.26. The normalized spacial score (nSPS) is 33.4. The minimum atomic E-state index is -3.70. The molecule has 0 bridgehead atoms. The van der Waals surface area contributed by atoms with Crippen molar-refractivity contribution in [3.63, 3.8) is 0 Å². The van der Waals surface area contributed by atoms with Gasteiger partial charge in [0.05, 0.1) is 25.3 Å². The van der Waals surface area contributed by atoms with Crippen molar-refractivity contribution in [1.29, 1.82) is 0 Å². The van der Waals surface area contributed by atoms with Crippen molar-refractivity contribution in [3.8, 4) is 0 Å². The number of hydrogen-bond acceptors (Lipinski definition) is 10. The highest BCUT2D eigenvalue weighted by Crippen LogP contribution is 2.36. The van der Waals surface area contributed by atoms with Crippen LogP contribution in [-0.4, -0.2) is 89.1 Å². The molecule has 0 aromatic heterocycles. The van der Waals surface area contributed by atoms with E-state index in [2.05, 4.69) is 15.4 Å². The third kappa shape index (κ3) is 5.28. The number of nitrogens with two attached hydrogens (primary N) is 2. The molecular weight excluding hydrogens is 374 g/mol. The average Bonchev–Trinajstić information content (AvgIpc) is 2.59. The van der Waals surface area contributed by atoms with Gasteiger partial charge in [-0.2, -0.15) is 4.39 Å². The molecule has 0 spiro atoms. The predicted molar refractivity (Wildman–Crippen MR) is 86.0 cm³/mol. The molecule has 1 aliphatic heterocycles. The van der Waals surface area contributed by atoms with Gasteiger partial charge in [0, 0.05) is 6.92 Å². The number of carbonyl (C=O) groups excluding carboxylic acids is 2. The van der Waals surface area contributed by atoms with E-state index < -0.39 is 67.2 Å². The van der Waals surface area contributed by atoms with E-state index in [4.69, 9.17) is 21.3 Å². The summed E-state index contributed by atoms with van der Waals surface area (Å²) in [5.74, 6) is -6.13. The molecule has 1 rings (SSSR count). The minimum absolute atomic E-state index is 0.295. The first-order chi connectivity index (χ1) is 12.5. The number of ether oxygens (including phenoxy) is 2. The number of hydrogen-bond donors (Lipinski definition) is 7. The summed E-state index contributed by atoms with van der Waals surface area (Å²) in [5.41, 5.74) is 10.7. The Hall–Kier alpha value is -1.48. The van der Waals surface area contributed by atoms with Crippen LogP contribution in [0.5, 0.6) is 0 Å². The van der Waals surface area contributed by atoms with Crippen LogP contribution in [-0.2, 0) is 19.1 Å². The lowest BCUT2D eigenvalue weighted by Crippen LogP contribution is -2.76. The number of aliphatic hydroxyl groups excluding tert-OH is 3. The van der Waals surface area contributed by atoms with Crippen LogP contribution in [0.15, 0.2) is 0 Å². The van der Waals surface area contributed by atoms with Gasteiger partial charge in [0.1, 0.15) is 24.6 Å². The second-order valence-corrected chi connectivity index (χ2v) is 6.03. The maximum Gasteiger partial charge on any atom is 0.375 e. The number of carbonyl (C=O) groups is 2. The molecule has 7 atom stereocenters. The van der Waals surface area contributed by atoms with E-state index >= 15 is 4.39 Å². The lowest BCUT2D eigenvalue weighted by molar-refractivity contribution is -0.281. The van der Waals surface area contributed by atoms with E-state index in [-0.39, 0.29) is 6.61 Å². The minimum Gasteiger partial charge on any atom is -0.462 e. The fraction of sp³-hybridized carbons (Fsp3) is 0.857. The Labute approximate surface area is 154 Å². The molecule has 1 fully saturated rings. The molecule has 1 amide bonds. The first-order valence-electron chi connectivity index (χ1n) is 8.18. The topological polar surface area (TPSA) is 189 Å². The summed E-state index contributed by atoms with van der Waals surface area (Å²) in [6.45, 7) is 1.16. The highest BCUT2D eigenvalue weighted by atomic mass is 19.2. The monoisotopic (exact) mass is 400 g/mol. The lowest BCUT2D eigenvalue weighted by atomic mass is 9.86. The first-order valence-corrected chi connectivity index (χ1v) is 8.18. The number of aliphatic hydroxyl groups is 3. The summed E-state index contributed by atoms with van der Waals surface area (Å²) < 4.78 is 39.4. The highest BCUT2D eigenvalue weighted by molar-refractivity contribution is 5.79. The van der Waals surface area contributed by atoms with E-state index in [1.165, 1.54) is 6.92 Å². The van der Waals surface area contributed by atoms with Crippen molar-refractivity contribution in [2.45, 2.75) is 62.6 Å². The van der Waals surface area contributed by atoms with Gasteiger partial charge < -0.3 is 41.6 Å². The van der Waals surface area contributed by atoms with Crippen LogP contribution in [0.4, 0.5) is 8.78 Å². The number of rotatable bonds is 8. The fourth-order valence-corrected chi connectivity index (χ4v) is 2.77. The van der Waals surface area contributed by atoms with Crippen LogP contribution in [0.1, 0.15) is 13.8 Å². The number of amides is 1. The molecule has 27 heavy (non-hydrogen) atoms. The number of esters is 1. The zero-order valence-corrected chi connectivity index (χ0v) is 14.8. The number of nitrogens with one attached hydrogen (secondary N) is 2. The van der Waals surface area contributed by atoms with Gasteiger partial charge in [0.2, 0.25) is 5.91 Å². The Kier molecular flexibility index (Phi) is 8.41. The van der Waals surface area contributed by atoms with Crippen molar-refractivity contribution in [3.05, 3.63) is 0 Å². The molecular formula is C14H26F2N4O7. The van der Waals surface area contributed by atoms with E-state index in [0.29, 0.717) is 0 Å². The van der Waals surface area contributed by atoms with E-state index in [9.17, 15) is 24.2 Å². The second kappa shape index (κ2) is 9.64. The van der Waals surface area contributed by atoms with Gasteiger partial charge in [0.15, 0.2) is 6.17 Å². The molecule has 11 nitrogen and oxygen atoms in total. The molecule has 0 aromatic rings. The molecule has 13 heteroatoms. The zero-order chi connectivity index (χ0) is 20.9. The Morgan fingerprint density at radius 2 is 1.93 bits per heavy atom. The number of alkyl halides is 2. The largest absolute Gasteiger partial charge is 0.462 e. The van der Waals surface area contributed by atoms with Crippen molar-refractivity contribution in [1.82, 2.24) is 10.6 Å². The molecule has 158 valence electrons. The van der Waals surface area contributed by atoms with Crippen molar-refractivity contribution in [2.24, 2.45) is 11.5 Å². The average molecular weight is 400 g/mol. The lowest BCUT2D eigenvalue weighted by Gasteiger charge is -2.48. The van der Waals surface area contributed by atoms with Crippen molar-refractivity contribution < 1.29 is 43.2 Å². The first kappa shape index (κ1) is 23.6. The molecule has 3 unspecified atom stereocenters. The van der Waals surface area contributed by atoms with E-state index in [1.54, 1.807) is 0 Å². The smallest absolute Gasteiger partial charge is 0.375 e. The Bertz CT molecular complexity index is 530. The predicted octanol–water partition coefficient (Wildman–Crippen LogP) is -3.67. The third-order valence-electron chi connectivity index (χ3n) is 3.94. The molecule has 1 aliphatic rings. The van der Waals surface area contributed by atoms with Crippen LogP contribution in [0.3, 0.4) is 0 Å². The fourth-order valence-electron chi connectivity index (χ4n) is 2.77. The third-order valence-corrected chi connectivity index (χ3v) is 3.94. The maximum atomic E-state index is 15.2. The Morgan fingerprint density at radius 3 is 2.37 bits per heavy atom. The zero-order valence-electron chi connectivity index (χ0n) is 14.8. The second-order valence-electron chi connectivity index (χ2n) is 6.03. The summed E-state index contributed by atoms with van der Waals surface area (Å²) >= 11 is 0. The molecule has 0 aliphatic carbocycles. The van der Waals surface area contributed by atoms with Crippen LogP contribution >= 0.6 is 0 Å². The van der Waals surface area contributed by atoms with Crippen molar-refractivity contribution in [2.75, 3.05) is 13.2 Å². The summed E-state index contributed by atoms with van der Waals surface area (Å²) in [7, 11) is 0. The summed E-state index contributed by atoms with van der Waals surface area (Å²) in [4.78, 5) is 23.5. The van der Waals surface area contributed by atoms with Gasteiger partial charge in [-0.15, -0.1) is 0 Å². The Morgan fingerprint density at radius 1 is 1.33 bits per heavy atom. The highest BCUT2D eigenvalue weighted by Gasteiger charge is 2.63.